The van der Waals surface area contributed by atoms with Gasteiger partial charge in [-0.3, -0.25) is 0 Å². The number of fused-ring (bicyclic) bond motifs is 18. The van der Waals surface area contributed by atoms with Gasteiger partial charge in [0.05, 0.1) is 5.54 Å². The highest BCUT2D eigenvalue weighted by Gasteiger charge is 2.59. The van der Waals surface area contributed by atoms with E-state index in [1.807, 2.05) is 11.3 Å². The van der Waals surface area contributed by atoms with Crippen LogP contribution in [0.4, 0.5) is 28.4 Å². The molecule has 3 aliphatic carbocycles. The molecule has 1 fully saturated rings. The molecule has 4 atom stereocenters. The van der Waals surface area contributed by atoms with Crippen LogP contribution in [0.1, 0.15) is 260 Å². The van der Waals surface area contributed by atoms with Crippen molar-refractivity contribution < 1.29 is 0 Å². The van der Waals surface area contributed by atoms with E-state index in [0.717, 1.165) is 12.8 Å². The summed E-state index contributed by atoms with van der Waals surface area (Å²) in [6.45, 7) is 50.0. The number of benzene rings is 7. The van der Waals surface area contributed by atoms with E-state index in [-0.39, 0.29) is 61.5 Å². The third-order valence-corrected chi connectivity index (χ3v) is 25.4. The third-order valence-electron chi connectivity index (χ3n) is 24.2. The maximum Gasteiger partial charge on any atom is 0.247 e. The van der Waals surface area contributed by atoms with E-state index in [2.05, 4.69) is 245 Å². The second-order valence-electron chi connectivity index (χ2n) is 33.9. The molecule has 7 aliphatic rings. The molecule has 0 amide bonds. The van der Waals surface area contributed by atoms with Gasteiger partial charge in [0.1, 0.15) is 0 Å². The van der Waals surface area contributed by atoms with Crippen LogP contribution in [0.15, 0.2) is 97.1 Å². The Labute approximate surface area is 509 Å². The first-order valence-electron chi connectivity index (χ1n) is 32.6. The Morgan fingerprint density at radius 1 is 0.476 bits per heavy atom. The molecular weight excluding hydrogens is 1030 g/mol. The zero-order valence-electron chi connectivity index (χ0n) is 54.9. The standard InChI is InChI=1S/C80H93BN2S/c1-45-35-54-56(76(14,15)32-31-75(54,12)13)41-50(45)68-52-38-48(73(6,7)8)39-65-71(52)81(61-26-28-67-69(70(61)68)51-37-47(72(3,4)5)23-27-66(51)84-67)60-25-24-49-40-64(60)82(65)62-43-58-55(36-46(62)2)77(16,17)33-34-78(58,18)57-44-63-59(42-53(57)74(9,10)11)79(19)29-21-22-30-80(79,20)83(49)63/h23-28,35-44,68H,21-22,29-34H2,1-20H3. The van der Waals surface area contributed by atoms with Crippen molar-refractivity contribution in [3.8, 4) is 0 Å². The summed E-state index contributed by atoms with van der Waals surface area (Å²) in [5.74, 6) is 0.00743. The van der Waals surface area contributed by atoms with Crippen molar-refractivity contribution >= 4 is 83.0 Å². The van der Waals surface area contributed by atoms with Crippen molar-refractivity contribution in [3.63, 3.8) is 0 Å². The maximum absolute atomic E-state index is 2.92. The number of hydrogen-bond acceptors (Lipinski definition) is 3. The van der Waals surface area contributed by atoms with Crippen molar-refractivity contribution in [2.45, 2.75) is 245 Å². The Morgan fingerprint density at radius 2 is 1.10 bits per heavy atom. The molecule has 0 radical (unpaired) electrons. The van der Waals surface area contributed by atoms with Gasteiger partial charge in [0.15, 0.2) is 0 Å². The van der Waals surface area contributed by atoms with E-state index in [1.54, 1.807) is 16.7 Å². The molecule has 1 saturated carbocycles. The number of thiophene rings is 1. The molecule has 7 aromatic carbocycles. The third kappa shape index (κ3) is 7.22. The fourth-order valence-electron chi connectivity index (χ4n) is 18.6. The first-order valence-corrected chi connectivity index (χ1v) is 33.4. The van der Waals surface area contributed by atoms with E-state index >= 15 is 0 Å². The zero-order valence-corrected chi connectivity index (χ0v) is 55.7. The minimum absolute atomic E-state index is 0.00743. The second-order valence-corrected chi connectivity index (χ2v) is 35.0. The number of anilines is 5. The summed E-state index contributed by atoms with van der Waals surface area (Å²) in [5.41, 5.74) is 31.8. The fourth-order valence-corrected chi connectivity index (χ4v) is 19.7. The molecule has 0 N–H and O–H groups in total. The van der Waals surface area contributed by atoms with E-state index in [9.17, 15) is 0 Å². The van der Waals surface area contributed by atoms with Gasteiger partial charge in [-0.2, -0.15) is 0 Å². The predicted molar refractivity (Wildman–Crippen MR) is 365 cm³/mol. The molecule has 0 saturated heterocycles. The van der Waals surface area contributed by atoms with E-state index in [4.69, 9.17) is 0 Å². The summed E-state index contributed by atoms with van der Waals surface area (Å²) in [5, 5.41) is 2.88. The Balaban J connectivity index is 1.12. The highest BCUT2D eigenvalue weighted by atomic mass is 32.1. The van der Waals surface area contributed by atoms with Crippen LogP contribution in [-0.4, -0.2) is 12.3 Å². The first-order chi connectivity index (χ1) is 39.2. The summed E-state index contributed by atoms with van der Waals surface area (Å²) in [6.07, 6.45) is 9.54. The molecule has 4 aliphatic heterocycles. The lowest BCUT2D eigenvalue weighted by molar-refractivity contribution is 0.195. The van der Waals surface area contributed by atoms with Gasteiger partial charge in [-0.25, -0.2) is 0 Å². The van der Waals surface area contributed by atoms with Gasteiger partial charge in [0.25, 0.3) is 0 Å². The van der Waals surface area contributed by atoms with Crippen LogP contribution in [0.5, 0.6) is 0 Å². The van der Waals surface area contributed by atoms with Gasteiger partial charge in [-0.15, -0.1) is 11.3 Å². The molecule has 15 rings (SSSR count). The zero-order chi connectivity index (χ0) is 59.5. The minimum atomic E-state index is -0.217. The van der Waals surface area contributed by atoms with Gasteiger partial charge in [0, 0.05) is 65.4 Å². The van der Waals surface area contributed by atoms with Crippen LogP contribution >= 0.6 is 11.3 Å². The van der Waals surface area contributed by atoms with Crippen LogP contribution < -0.4 is 26.2 Å². The Kier molecular flexibility index (Phi) is 11.1. The van der Waals surface area contributed by atoms with Gasteiger partial charge in [-0.05, 0) is 229 Å². The van der Waals surface area contributed by atoms with Crippen molar-refractivity contribution in [1.82, 2.24) is 0 Å². The summed E-state index contributed by atoms with van der Waals surface area (Å²) < 4.78 is 2.78. The monoisotopic (exact) mass is 1120 g/mol. The highest BCUT2D eigenvalue weighted by molar-refractivity contribution is 7.26. The van der Waals surface area contributed by atoms with Crippen molar-refractivity contribution in [2.24, 2.45) is 0 Å². The number of hydrogen-bond donors (Lipinski definition) is 0. The number of nitrogens with zero attached hydrogens (tertiary/aromatic N) is 2. The van der Waals surface area contributed by atoms with Crippen LogP contribution in [0.2, 0.25) is 0 Å². The van der Waals surface area contributed by atoms with E-state index in [0.29, 0.717) is 0 Å². The van der Waals surface area contributed by atoms with Crippen LogP contribution in [0.3, 0.4) is 0 Å². The van der Waals surface area contributed by atoms with Crippen LogP contribution in [0, 0.1) is 13.8 Å². The molecule has 4 unspecified atom stereocenters. The topological polar surface area (TPSA) is 6.48 Å². The molecule has 5 heterocycles. The first kappa shape index (κ1) is 55.0. The van der Waals surface area contributed by atoms with Gasteiger partial charge >= 0.3 is 0 Å². The summed E-state index contributed by atoms with van der Waals surface area (Å²) in [4.78, 5) is 5.77. The molecule has 1 aromatic heterocycles. The normalized spacial score (nSPS) is 24.8. The van der Waals surface area contributed by atoms with Gasteiger partial charge < -0.3 is 9.80 Å². The molecular formula is C80H93BN2S. The quantitative estimate of drug-likeness (QED) is 0.151. The predicted octanol–water partition coefficient (Wildman–Crippen LogP) is 20.1. The lowest BCUT2D eigenvalue weighted by Crippen LogP contribution is -2.62. The summed E-state index contributed by atoms with van der Waals surface area (Å²) >= 11 is 2.00. The number of aryl methyl sites for hydroxylation is 2. The average molecular weight is 1130 g/mol. The lowest BCUT2D eigenvalue weighted by atomic mass is 9.30. The Bertz CT molecular complexity index is 4230. The van der Waals surface area contributed by atoms with Gasteiger partial charge in [0.2, 0.25) is 6.71 Å². The minimum Gasteiger partial charge on any atom is -0.334 e. The van der Waals surface area contributed by atoms with Crippen LogP contribution in [0.25, 0.3) is 20.2 Å². The molecule has 4 heteroatoms. The van der Waals surface area contributed by atoms with E-state index in [1.165, 1.54) is 165 Å². The van der Waals surface area contributed by atoms with Crippen molar-refractivity contribution in [3.05, 3.63) is 175 Å². The molecule has 84 heavy (non-hydrogen) atoms. The fraction of sp³-hybridized carbons (Fsp3) is 0.475. The smallest absolute Gasteiger partial charge is 0.247 e. The molecule has 0 spiro atoms. The number of rotatable bonds is 1. The maximum atomic E-state index is 2.92. The molecule has 8 aromatic rings. The second kappa shape index (κ2) is 16.9. The molecule has 432 valence electrons. The lowest BCUT2D eigenvalue weighted by Gasteiger charge is -2.51. The Morgan fingerprint density at radius 3 is 1.79 bits per heavy atom. The van der Waals surface area contributed by atoms with Crippen molar-refractivity contribution in [1.29, 1.82) is 0 Å². The Hall–Kier alpha value is -5.58. The van der Waals surface area contributed by atoms with Crippen LogP contribution in [-0.2, 0) is 43.3 Å². The SMILES string of the molecule is Cc1cc2c(cc1C1c3cc(C(C)(C)C)cc4c3B(c3ccc5cc3N4c3cc4c(cc3C)C(C)(C)CCC4(C)c3cc4c(cc3C(C)(C)C)C3(C)CCCCC3(C)N54)c3ccc4sc5ccc(C(C)(C)C)cc5c4c31)C(C)(C)CCC2(C)C. The molecule has 2 nitrogen and oxygen atoms in total. The van der Waals surface area contributed by atoms with E-state index < -0.39 is 0 Å². The average Bonchev–Trinajstić information content (AvgIpc) is 1.24. The highest BCUT2D eigenvalue weighted by Crippen LogP contribution is 2.65. The molecule has 6 bridgehead atoms. The summed E-state index contributed by atoms with van der Waals surface area (Å²) in [6, 6.07) is 42.3. The largest absolute Gasteiger partial charge is 0.334 e. The summed E-state index contributed by atoms with van der Waals surface area (Å²) in [7, 11) is 0. The van der Waals surface area contributed by atoms with Crippen molar-refractivity contribution in [2.75, 3.05) is 9.80 Å². The van der Waals surface area contributed by atoms with Gasteiger partial charge in [-0.1, -0.05) is 185 Å².